The summed E-state index contributed by atoms with van der Waals surface area (Å²) < 4.78 is 21.8. The molecule has 0 bridgehead atoms. The van der Waals surface area contributed by atoms with Gasteiger partial charge in [-0.1, -0.05) is 6.07 Å². The van der Waals surface area contributed by atoms with Crippen molar-refractivity contribution in [2.75, 3.05) is 0 Å². The fraction of sp³-hybridized carbons (Fsp3) is 0.174. The van der Waals surface area contributed by atoms with Gasteiger partial charge in [-0.25, -0.2) is 9.97 Å². The van der Waals surface area contributed by atoms with Crippen LogP contribution in [0.4, 0.5) is 4.39 Å². The predicted molar refractivity (Wildman–Crippen MR) is 118 cm³/mol. The Morgan fingerprint density at radius 3 is 2.53 bits per heavy atom. The van der Waals surface area contributed by atoms with Crippen molar-refractivity contribution in [3.63, 3.8) is 0 Å². The summed E-state index contributed by atoms with van der Waals surface area (Å²) in [6, 6.07) is 12.9. The highest BCUT2D eigenvalue weighted by molar-refractivity contribution is 9.10. The molecule has 0 fully saturated rings. The zero-order valence-electron chi connectivity index (χ0n) is 16.9. The number of rotatable bonds is 5. The molecule has 0 aliphatic heterocycles. The van der Waals surface area contributed by atoms with Gasteiger partial charge in [0.1, 0.15) is 22.8 Å². The van der Waals surface area contributed by atoms with Crippen molar-refractivity contribution in [3.8, 4) is 28.4 Å². The third-order valence-corrected chi connectivity index (χ3v) is 5.40. The van der Waals surface area contributed by atoms with Crippen LogP contribution in [0.1, 0.15) is 16.8 Å². The molecule has 4 rings (SSSR count). The third-order valence-electron chi connectivity index (χ3n) is 4.85. The van der Waals surface area contributed by atoms with Gasteiger partial charge in [-0.15, -0.1) is 0 Å². The first-order valence-electron chi connectivity index (χ1n) is 9.42. The molecule has 0 aliphatic rings. The minimum Gasteiger partial charge on any atom is -0.487 e. The van der Waals surface area contributed by atoms with Crippen molar-refractivity contribution < 1.29 is 9.13 Å². The lowest BCUT2D eigenvalue weighted by atomic mass is 10.1. The van der Waals surface area contributed by atoms with Crippen molar-refractivity contribution >= 4 is 15.9 Å². The van der Waals surface area contributed by atoms with E-state index in [-0.39, 0.29) is 0 Å². The molecule has 3 heterocycles. The number of ether oxygens (including phenoxy) is 1. The first kappa shape index (κ1) is 20.2. The second-order valence-electron chi connectivity index (χ2n) is 7.10. The summed E-state index contributed by atoms with van der Waals surface area (Å²) in [7, 11) is 1.93. The first-order valence-corrected chi connectivity index (χ1v) is 10.2. The van der Waals surface area contributed by atoms with E-state index < -0.39 is 5.95 Å². The van der Waals surface area contributed by atoms with Gasteiger partial charge in [0.05, 0.1) is 11.4 Å². The minimum atomic E-state index is -0.514. The van der Waals surface area contributed by atoms with Crippen molar-refractivity contribution in [2.24, 2.45) is 7.05 Å². The molecular formula is C23H20BrFN4O. The minimum absolute atomic E-state index is 0.413. The quantitative estimate of drug-likeness (QED) is 0.357. The summed E-state index contributed by atoms with van der Waals surface area (Å²) >= 11 is 3.57. The number of hydrogen-bond acceptors (Lipinski definition) is 4. The van der Waals surface area contributed by atoms with E-state index in [1.165, 1.54) is 12.3 Å². The van der Waals surface area contributed by atoms with Crippen LogP contribution in [0, 0.1) is 19.8 Å². The van der Waals surface area contributed by atoms with Crippen molar-refractivity contribution in [3.05, 3.63) is 82.2 Å². The average Bonchev–Trinajstić information content (AvgIpc) is 3.02. The van der Waals surface area contributed by atoms with Gasteiger partial charge < -0.3 is 9.30 Å². The van der Waals surface area contributed by atoms with E-state index in [9.17, 15) is 4.39 Å². The maximum Gasteiger partial charge on any atom is 0.212 e. The van der Waals surface area contributed by atoms with Gasteiger partial charge in [-0.05, 0) is 77.3 Å². The molecule has 0 spiro atoms. The number of nitrogens with zero attached hydrogens (tertiary/aromatic N) is 4. The summed E-state index contributed by atoms with van der Waals surface area (Å²) in [5.74, 6) is 0.967. The normalized spacial score (nSPS) is 11.0. The van der Waals surface area contributed by atoms with Gasteiger partial charge in [0.15, 0.2) is 0 Å². The Morgan fingerprint density at radius 1 is 1.03 bits per heavy atom. The summed E-state index contributed by atoms with van der Waals surface area (Å²) in [5.41, 5.74) is 5.76. The van der Waals surface area contributed by atoms with E-state index in [2.05, 4.69) is 30.9 Å². The number of aromatic nitrogens is 4. The van der Waals surface area contributed by atoms with E-state index in [4.69, 9.17) is 4.74 Å². The smallest absolute Gasteiger partial charge is 0.212 e. The van der Waals surface area contributed by atoms with Crippen molar-refractivity contribution in [2.45, 2.75) is 20.5 Å². The zero-order chi connectivity index (χ0) is 21.3. The Balaban J connectivity index is 1.60. The average molecular weight is 467 g/mol. The summed E-state index contributed by atoms with van der Waals surface area (Å²) in [6.07, 6.45) is 3.32. The van der Waals surface area contributed by atoms with Crippen LogP contribution < -0.4 is 4.74 Å². The number of hydrogen-bond donors (Lipinski definition) is 0. The van der Waals surface area contributed by atoms with E-state index in [0.29, 0.717) is 17.0 Å². The molecule has 0 atom stereocenters. The monoisotopic (exact) mass is 466 g/mol. The Hall–Kier alpha value is -3.06. The summed E-state index contributed by atoms with van der Waals surface area (Å²) in [4.78, 5) is 12.7. The van der Waals surface area contributed by atoms with Crippen molar-refractivity contribution in [1.29, 1.82) is 0 Å². The lowest BCUT2D eigenvalue weighted by molar-refractivity contribution is 0.301. The van der Waals surface area contributed by atoms with Gasteiger partial charge >= 0.3 is 0 Å². The Kier molecular flexibility index (Phi) is 5.63. The van der Waals surface area contributed by atoms with Gasteiger partial charge in [-0.2, -0.15) is 4.39 Å². The van der Waals surface area contributed by atoms with E-state index >= 15 is 0 Å². The topological polar surface area (TPSA) is 52.8 Å². The number of benzene rings is 1. The standard InChI is InChI=1S/C23H20BrFN4O/c1-14-4-6-17(26-11-14)13-30-18-7-8-19(15(2)10-18)21-22(24)28-23(29(21)3)16-5-9-20(25)27-12-16/h4-12H,13H2,1-3H3. The van der Waals surface area contributed by atoms with E-state index in [1.807, 2.05) is 62.0 Å². The largest absolute Gasteiger partial charge is 0.487 e. The highest BCUT2D eigenvalue weighted by Gasteiger charge is 2.18. The van der Waals surface area contributed by atoms with Crippen LogP contribution in [0.15, 0.2) is 59.5 Å². The molecule has 152 valence electrons. The van der Waals surface area contributed by atoms with Crippen LogP contribution in [0.25, 0.3) is 22.6 Å². The molecule has 0 aliphatic carbocycles. The molecule has 0 saturated carbocycles. The molecule has 0 unspecified atom stereocenters. The fourth-order valence-corrected chi connectivity index (χ4v) is 3.90. The Labute approximate surface area is 182 Å². The molecule has 5 nitrogen and oxygen atoms in total. The van der Waals surface area contributed by atoms with Crippen LogP contribution in [0.5, 0.6) is 5.75 Å². The molecular weight excluding hydrogens is 447 g/mol. The molecule has 7 heteroatoms. The molecule has 3 aromatic heterocycles. The third kappa shape index (κ3) is 4.11. The maximum atomic E-state index is 13.2. The lowest BCUT2D eigenvalue weighted by Crippen LogP contribution is -2.00. The maximum absolute atomic E-state index is 13.2. The van der Waals surface area contributed by atoms with Gasteiger partial charge in [-0.3, -0.25) is 4.98 Å². The Morgan fingerprint density at radius 2 is 1.87 bits per heavy atom. The van der Waals surface area contributed by atoms with Gasteiger partial charge in [0, 0.05) is 30.6 Å². The fourth-order valence-electron chi connectivity index (χ4n) is 3.26. The Bertz CT molecular complexity index is 1190. The SMILES string of the molecule is Cc1ccc(COc2ccc(-c3c(Br)nc(-c4ccc(F)nc4)n3C)c(C)c2)nc1. The highest BCUT2D eigenvalue weighted by Crippen LogP contribution is 2.35. The van der Waals surface area contributed by atoms with Crippen LogP contribution in [0.3, 0.4) is 0 Å². The lowest BCUT2D eigenvalue weighted by Gasteiger charge is -2.12. The molecule has 0 N–H and O–H groups in total. The second-order valence-corrected chi connectivity index (χ2v) is 7.85. The molecule has 0 saturated heterocycles. The summed E-state index contributed by atoms with van der Waals surface area (Å²) in [5, 5.41) is 0. The predicted octanol–water partition coefficient (Wildman–Crippen LogP) is 5.64. The van der Waals surface area contributed by atoms with Crippen LogP contribution in [0.2, 0.25) is 0 Å². The van der Waals surface area contributed by atoms with E-state index in [0.717, 1.165) is 39.4 Å². The van der Waals surface area contributed by atoms with E-state index in [1.54, 1.807) is 6.07 Å². The summed E-state index contributed by atoms with van der Waals surface area (Å²) in [6.45, 7) is 4.45. The molecule has 0 radical (unpaired) electrons. The molecule has 4 aromatic rings. The first-order chi connectivity index (χ1) is 14.4. The number of halogens is 2. The highest BCUT2D eigenvalue weighted by atomic mass is 79.9. The molecule has 30 heavy (non-hydrogen) atoms. The van der Waals surface area contributed by atoms with Crippen LogP contribution in [-0.2, 0) is 13.7 Å². The number of aryl methyl sites for hydroxylation is 2. The second kappa shape index (κ2) is 8.36. The number of pyridine rings is 2. The number of imidazole rings is 1. The van der Waals surface area contributed by atoms with Crippen molar-refractivity contribution in [1.82, 2.24) is 19.5 Å². The molecule has 1 aromatic carbocycles. The van der Waals surface area contributed by atoms with Crippen LogP contribution >= 0.6 is 15.9 Å². The van der Waals surface area contributed by atoms with Crippen LogP contribution in [-0.4, -0.2) is 19.5 Å². The molecule has 0 amide bonds. The van der Waals surface area contributed by atoms with Gasteiger partial charge in [0.2, 0.25) is 5.95 Å². The van der Waals surface area contributed by atoms with Gasteiger partial charge in [0.25, 0.3) is 0 Å². The zero-order valence-corrected chi connectivity index (χ0v) is 18.4.